The van der Waals surface area contributed by atoms with Gasteiger partial charge in [-0.1, -0.05) is 12.5 Å². The van der Waals surface area contributed by atoms with Crippen LogP contribution in [0, 0.1) is 0 Å². The SMILES string of the molecule is CN(CCCCCNC1CC1)Cc1cccs1. The summed E-state index contributed by atoms with van der Waals surface area (Å²) in [4.78, 5) is 3.91. The normalized spacial score (nSPS) is 15.6. The maximum atomic E-state index is 3.57. The van der Waals surface area contributed by atoms with Gasteiger partial charge < -0.3 is 10.2 Å². The summed E-state index contributed by atoms with van der Waals surface area (Å²) in [5.74, 6) is 0. The molecule has 0 aromatic carbocycles. The minimum atomic E-state index is 0.872. The molecule has 17 heavy (non-hydrogen) atoms. The van der Waals surface area contributed by atoms with Crippen molar-refractivity contribution in [3.05, 3.63) is 22.4 Å². The van der Waals surface area contributed by atoms with Crippen LogP contribution in [0.15, 0.2) is 17.5 Å². The molecule has 3 heteroatoms. The number of hydrogen-bond acceptors (Lipinski definition) is 3. The summed E-state index contributed by atoms with van der Waals surface area (Å²) in [6, 6.07) is 5.23. The van der Waals surface area contributed by atoms with Crippen LogP contribution in [0.5, 0.6) is 0 Å². The molecule has 0 aliphatic heterocycles. The van der Waals surface area contributed by atoms with Crippen LogP contribution in [0.1, 0.15) is 37.0 Å². The fraction of sp³-hybridized carbons (Fsp3) is 0.714. The van der Waals surface area contributed by atoms with Gasteiger partial charge >= 0.3 is 0 Å². The summed E-state index contributed by atoms with van der Waals surface area (Å²) in [5.41, 5.74) is 0. The van der Waals surface area contributed by atoms with Crippen molar-refractivity contribution in [1.82, 2.24) is 10.2 Å². The Balaban J connectivity index is 1.43. The van der Waals surface area contributed by atoms with Gasteiger partial charge in [0.1, 0.15) is 0 Å². The fourth-order valence-electron chi connectivity index (χ4n) is 2.02. The lowest BCUT2D eigenvalue weighted by Gasteiger charge is -2.15. The first kappa shape index (κ1) is 13.1. The lowest BCUT2D eigenvalue weighted by Crippen LogP contribution is -2.20. The van der Waals surface area contributed by atoms with Crippen molar-refractivity contribution in [3.63, 3.8) is 0 Å². The molecule has 2 nitrogen and oxygen atoms in total. The van der Waals surface area contributed by atoms with E-state index in [2.05, 4.69) is 34.8 Å². The molecule has 1 saturated carbocycles. The second-order valence-corrected chi connectivity index (χ2v) is 6.14. The Kier molecular flexibility index (Phi) is 5.49. The van der Waals surface area contributed by atoms with Crippen molar-refractivity contribution in [2.75, 3.05) is 20.1 Å². The van der Waals surface area contributed by atoms with Gasteiger partial charge in [-0.2, -0.15) is 0 Å². The first-order valence-corrected chi connectivity index (χ1v) is 7.67. The Hall–Kier alpha value is -0.380. The van der Waals surface area contributed by atoms with Gasteiger partial charge in [0, 0.05) is 17.5 Å². The Morgan fingerprint density at radius 3 is 2.94 bits per heavy atom. The lowest BCUT2D eigenvalue weighted by molar-refractivity contribution is 0.319. The smallest absolute Gasteiger partial charge is 0.0324 e. The van der Waals surface area contributed by atoms with Crippen molar-refractivity contribution in [2.45, 2.75) is 44.7 Å². The van der Waals surface area contributed by atoms with E-state index in [1.54, 1.807) is 0 Å². The summed E-state index contributed by atoms with van der Waals surface area (Å²) in [7, 11) is 2.22. The van der Waals surface area contributed by atoms with Crippen LogP contribution in [0.4, 0.5) is 0 Å². The van der Waals surface area contributed by atoms with E-state index in [1.807, 2.05) is 11.3 Å². The molecular weight excluding hydrogens is 228 g/mol. The van der Waals surface area contributed by atoms with E-state index in [4.69, 9.17) is 0 Å². The maximum Gasteiger partial charge on any atom is 0.0324 e. The number of unbranched alkanes of at least 4 members (excludes halogenated alkanes) is 2. The van der Waals surface area contributed by atoms with Gasteiger partial charge in [-0.15, -0.1) is 11.3 Å². The molecule has 1 N–H and O–H groups in total. The molecule has 0 radical (unpaired) electrons. The van der Waals surface area contributed by atoms with E-state index >= 15 is 0 Å². The Morgan fingerprint density at radius 2 is 2.24 bits per heavy atom. The predicted molar refractivity (Wildman–Crippen MR) is 75.5 cm³/mol. The summed E-state index contributed by atoms with van der Waals surface area (Å²) < 4.78 is 0. The summed E-state index contributed by atoms with van der Waals surface area (Å²) >= 11 is 1.86. The molecule has 0 saturated heterocycles. The standard InChI is InChI=1S/C14H24N2S/c1-16(12-14-6-5-11-17-14)10-4-2-3-9-15-13-7-8-13/h5-6,11,13,15H,2-4,7-10,12H2,1H3. The van der Waals surface area contributed by atoms with Crippen molar-refractivity contribution >= 4 is 11.3 Å². The molecule has 0 atom stereocenters. The van der Waals surface area contributed by atoms with E-state index in [0.717, 1.165) is 12.6 Å². The van der Waals surface area contributed by atoms with E-state index in [9.17, 15) is 0 Å². The summed E-state index contributed by atoms with van der Waals surface area (Å²) in [5, 5.41) is 5.73. The second-order valence-electron chi connectivity index (χ2n) is 5.11. The topological polar surface area (TPSA) is 15.3 Å². The molecule has 1 aromatic heterocycles. The van der Waals surface area contributed by atoms with Gasteiger partial charge in [0.25, 0.3) is 0 Å². The molecule has 1 aromatic rings. The Morgan fingerprint density at radius 1 is 1.35 bits per heavy atom. The lowest BCUT2D eigenvalue weighted by atomic mass is 10.2. The van der Waals surface area contributed by atoms with Crippen LogP contribution in [0.2, 0.25) is 0 Å². The zero-order valence-electron chi connectivity index (χ0n) is 10.8. The highest BCUT2D eigenvalue weighted by Gasteiger charge is 2.19. The Bertz CT molecular complexity index is 293. The average Bonchev–Trinajstić information content (AvgIpc) is 3.00. The zero-order chi connectivity index (χ0) is 11.9. The van der Waals surface area contributed by atoms with Crippen molar-refractivity contribution in [1.29, 1.82) is 0 Å². The molecular formula is C14H24N2S. The first-order chi connectivity index (χ1) is 8.34. The monoisotopic (exact) mass is 252 g/mol. The minimum absolute atomic E-state index is 0.872. The number of nitrogens with one attached hydrogen (secondary N) is 1. The highest BCUT2D eigenvalue weighted by molar-refractivity contribution is 7.09. The van der Waals surface area contributed by atoms with Crippen molar-refractivity contribution in [3.8, 4) is 0 Å². The molecule has 0 unspecified atom stereocenters. The Labute approximate surface area is 109 Å². The predicted octanol–water partition coefficient (Wildman–Crippen LogP) is 3.10. The molecule has 1 fully saturated rings. The van der Waals surface area contributed by atoms with Crippen LogP contribution in [0.3, 0.4) is 0 Å². The van der Waals surface area contributed by atoms with Gasteiger partial charge in [-0.25, -0.2) is 0 Å². The number of thiophene rings is 1. The number of hydrogen-bond donors (Lipinski definition) is 1. The largest absolute Gasteiger partial charge is 0.314 e. The van der Waals surface area contributed by atoms with E-state index < -0.39 is 0 Å². The molecule has 1 heterocycles. The first-order valence-electron chi connectivity index (χ1n) is 6.79. The highest BCUT2D eigenvalue weighted by Crippen LogP contribution is 2.18. The zero-order valence-corrected chi connectivity index (χ0v) is 11.6. The summed E-state index contributed by atoms with van der Waals surface area (Å²) in [6.07, 6.45) is 6.83. The van der Waals surface area contributed by atoms with Crippen molar-refractivity contribution in [2.24, 2.45) is 0 Å². The van der Waals surface area contributed by atoms with E-state index in [1.165, 1.54) is 50.1 Å². The van der Waals surface area contributed by atoms with Gasteiger partial charge in [0.05, 0.1) is 0 Å². The van der Waals surface area contributed by atoms with Crippen LogP contribution < -0.4 is 5.32 Å². The van der Waals surface area contributed by atoms with Gasteiger partial charge in [0.2, 0.25) is 0 Å². The van der Waals surface area contributed by atoms with Crippen LogP contribution in [-0.2, 0) is 6.54 Å². The maximum absolute atomic E-state index is 3.57. The molecule has 1 aliphatic carbocycles. The molecule has 0 bridgehead atoms. The molecule has 1 aliphatic rings. The number of nitrogens with zero attached hydrogens (tertiary/aromatic N) is 1. The van der Waals surface area contributed by atoms with Gasteiger partial charge in [-0.3, -0.25) is 0 Å². The van der Waals surface area contributed by atoms with Crippen LogP contribution >= 0.6 is 11.3 Å². The molecule has 96 valence electrons. The van der Waals surface area contributed by atoms with E-state index in [-0.39, 0.29) is 0 Å². The second kappa shape index (κ2) is 7.14. The third-order valence-corrected chi connectivity index (χ3v) is 4.09. The quantitative estimate of drug-likeness (QED) is 0.679. The highest BCUT2D eigenvalue weighted by atomic mass is 32.1. The molecule has 2 rings (SSSR count). The molecule has 0 amide bonds. The average molecular weight is 252 g/mol. The number of rotatable bonds is 9. The van der Waals surface area contributed by atoms with Crippen LogP contribution in [-0.4, -0.2) is 31.1 Å². The van der Waals surface area contributed by atoms with Crippen molar-refractivity contribution < 1.29 is 0 Å². The van der Waals surface area contributed by atoms with E-state index in [0.29, 0.717) is 0 Å². The van der Waals surface area contributed by atoms with Crippen LogP contribution in [0.25, 0.3) is 0 Å². The third kappa shape index (κ3) is 5.66. The van der Waals surface area contributed by atoms with Gasteiger partial charge in [-0.05, 0) is 57.3 Å². The summed E-state index contributed by atoms with van der Waals surface area (Å²) in [6.45, 7) is 3.55. The fourth-order valence-corrected chi connectivity index (χ4v) is 2.81. The third-order valence-electron chi connectivity index (χ3n) is 3.23. The minimum Gasteiger partial charge on any atom is -0.314 e. The van der Waals surface area contributed by atoms with Gasteiger partial charge in [0.15, 0.2) is 0 Å². The molecule has 0 spiro atoms.